The first-order valence-corrected chi connectivity index (χ1v) is 10.8. The van der Waals surface area contributed by atoms with E-state index >= 15 is 0 Å². The molecule has 4 aromatic rings. The molecule has 0 aliphatic carbocycles. The van der Waals surface area contributed by atoms with Gasteiger partial charge < -0.3 is 14.2 Å². The van der Waals surface area contributed by atoms with Gasteiger partial charge in [0.05, 0.1) is 5.75 Å². The number of hydrogen-bond donors (Lipinski definition) is 1. The molecule has 1 N–H and O–H groups in total. The topological polar surface area (TPSA) is 81.2 Å². The van der Waals surface area contributed by atoms with Gasteiger partial charge in [-0.15, -0.1) is 0 Å². The minimum atomic E-state index is -0.229. The molecule has 1 atom stereocenters. The lowest BCUT2D eigenvalue weighted by atomic mass is 10.1. The van der Waals surface area contributed by atoms with Gasteiger partial charge in [-0.3, -0.25) is 4.79 Å². The lowest BCUT2D eigenvalue weighted by molar-refractivity contribution is 0.0933. The molecule has 154 valence electrons. The molecule has 6 nitrogen and oxygen atoms in total. The average Bonchev–Trinajstić information content (AvgIpc) is 3.39. The second-order valence-corrected chi connectivity index (χ2v) is 8.14. The van der Waals surface area contributed by atoms with E-state index in [0.717, 1.165) is 29.5 Å². The number of para-hydroxylation sites is 1. The third-order valence-corrected chi connectivity index (χ3v) is 5.60. The normalized spacial score (nSPS) is 12.2. The Labute approximate surface area is 179 Å². The van der Waals surface area contributed by atoms with Crippen molar-refractivity contribution in [3.63, 3.8) is 0 Å². The summed E-state index contributed by atoms with van der Waals surface area (Å²) in [5, 5.41) is 3.53. The third kappa shape index (κ3) is 4.91. The summed E-state index contributed by atoms with van der Waals surface area (Å²) < 4.78 is 11.2. The van der Waals surface area contributed by atoms with Gasteiger partial charge >= 0.3 is 0 Å². The zero-order valence-electron chi connectivity index (χ0n) is 16.9. The number of oxazole rings is 2. The van der Waals surface area contributed by atoms with Gasteiger partial charge in [0.2, 0.25) is 5.89 Å². The number of carbonyl (C=O) groups is 1. The molecule has 2 aromatic heterocycles. The molecular weight excluding hydrogens is 398 g/mol. The second kappa shape index (κ2) is 9.17. The summed E-state index contributed by atoms with van der Waals surface area (Å²) in [5.74, 6) is 0.664. The number of aryl methyl sites for hydroxylation is 2. The van der Waals surface area contributed by atoms with E-state index in [4.69, 9.17) is 8.83 Å². The van der Waals surface area contributed by atoms with Gasteiger partial charge in [0.1, 0.15) is 11.8 Å². The molecule has 0 aliphatic heterocycles. The maximum Gasteiger partial charge on any atom is 0.273 e. The van der Waals surface area contributed by atoms with Crippen LogP contribution in [0.25, 0.3) is 11.1 Å². The molecule has 7 heteroatoms. The van der Waals surface area contributed by atoms with E-state index in [-0.39, 0.29) is 17.6 Å². The van der Waals surface area contributed by atoms with E-state index in [0.29, 0.717) is 16.9 Å². The van der Waals surface area contributed by atoms with Crippen LogP contribution in [-0.4, -0.2) is 21.9 Å². The Hall–Kier alpha value is -3.06. The molecule has 4 rings (SSSR count). The summed E-state index contributed by atoms with van der Waals surface area (Å²) in [6.45, 7) is 3.99. The first kappa shape index (κ1) is 20.2. The summed E-state index contributed by atoms with van der Waals surface area (Å²) in [5.41, 5.74) is 4.23. The minimum Gasteiger partial charge on any atom is -0.447 e. The number of nitrogens with zero attached hydrogens (tertiary/aromatic N) is 2. The second-order valence-electron chi connectivity index (χ2n) is 7.22. The molecule has 2 aromatic carbocycles. The summed E-state index contributed by atoms with van der Waals surface area (Å²) in [6, 6.07) is 16.1. The molecule has 0 aliphatic rings. The Kier molecular flexibility index (Phi) is 6.18. The zero-order chi connectivity index (χ0) is 20.9. The number of fused-ring (bicyclic) bond motifs is 1. The molecule has 1 amide bonds. The van der Waals surface area contributed by atoms with E-state index in [2.05, 4.69) is 27.4 Å². The van der Waals surface area contributed by atoms with Gasteiger partial charge in [-0.1, -0.05) is 54.2 Å². The average molecular weight is 422 g/mol. The lowest BCUT2D eigenvalue weighted by Gasteiger charge is -2.12. The molecular formula is C23H23N3O3S. The van der Waals surface area contributed by atoms with Crippen molar-refractivity contribution >= 4 is 28.8 Å². The van der Waals surface area contributed by atoms with Crippen molar-refractivity contribution < 1.29 is 13.6 Å². The number of carbonyl (C=O) groups excluding carboxylic acids is 1. The number of thioether (sulfide) groups is 1. The van der Waals surface area contributed by atoms with Crippen molar-refractivity contribution in [1.29, 1.82) is 0 Å². The Balaban J connectivity index is 1.29. The van der Waals surface area contributed by atoms with Gasteiger partial charge in [0.25, 0.3) is 11.1 Å². The van der Waals surface area contributed by atoms with Crippen LogP contribution >= 0.6 is 11.8 Å². The highest BCUT2D eigenvalue weighted by Gasteiger charge is 2.16. The number of rotatable bonds is 8. The van der Waals surface area contributed by atoms with Crippen molar-refractivity contribution in [3.05, 3.63) is 77.5 Å². The quantitative estimate of drug-likeness (QED) is 0.395. The molecule has 0 fully saturated rings. The van der Waals surface area contributed by atoms with Crippen molar-refractivity contribution in [2.45, 2.75) is 43.7 Å². The Morgan fingerprint density at radius 3 is 2.77 bits per heavy atom. The molecule has 0 bridgehead atoms. The minimum absolute atomic E-state index is 0.0372. The van der Waals surface area contributed by atoms with Crippen LogP contribution in [-0.2, 0) is 12.2 Å². The van der Waals surface area contributed by atoms with Gasteiger partial charge in [-0.25, -0.2) is 9.97 Å². The van der Waals surface area contributed by atoms with Gasteiger partial charge in [-0.2, -0.15) is 0 Å². The van der Waals surface area contributed by atoms with Gasteiger partial charge in [-0.05, 0) is 43.9 Å². The van der Waals surface area contributed by atoms with Crippen LogP contribution in [0.1, 0.15) is 40.9 Å². The van der Waals surface area contributed by atoms with E-state index in [9.17, 15) is 4.79 Å². The molecule has 0 saturated heterocycles. The number of hydrogen-bond acceptors (Lipinski definition) is 6. The van der Waals surface area contributed by atoms with Crippen LogP contribution in [0.5, 0.6) is 0 Å². The third-order valence-electron chi connectivity index (χ3n) is 4.79. The zero-order valence-corrected chi connectivity index (χ0v) is 17.7. The highest BCUT2D eigenvalue weighted by molar-refractivity contribution is 7.98. The fourth-order valence-electron chi connectivity index (χ4n) is 3.13. The van der Waals surface area contributed by atoms with Crippen molar-refractivity contribution in [2.24, 2.45) is 0 Å². The maximum atomic E-state index is 12.4. The Morgan fingerprint density at radius 2 is 1.97 bits per heavy atom. The largest absolute Gasteiger partial charge is 0.447 e. The molecule has 0 saturated carbocycles. The number of amides is 1. The van der Waals surface area contributed by atoms with E-state index in [1.807, 2.05) is 50.2 Å². The Morgan fingerprint density at radius 1 is 1.13 bits per heavy atom. The monoisotopic (exact) mass is 421 g/mol. The highest BCUT2D eigenvalue weighted by atomic mass is 32.2. The number of benzene rings is 2. The summed E-state index contributed by atoms with van der Waals surface area (Å²) in [7, 11) is 0. The molecule has 30 heavy (non-hydrogen) atoms. The predicted molar refractivity (Wildman–Crippen MR) is 117 cm³/mol. The van der Waals surface area contributed by atoms with Crippen LogP contribution in [0.3, 0.4) is 0 Å². The molecule has 0 radical (unpaired) electrons. The molecule has 0 spiro atoms. The van der Waals surface area contributed by atoms with Crippen LogP contribution < -0.4 is 5.32 Å². The van der Waals surface area contributed by atoms with Crippen LogP contribution in [0.15, 0.2) is 68.9 Å². The number of aromatic nitrogens is 2. The highest BCUT2D eigenvalue weighted by Crippen LogP contribution is 2.27. The van der Waals surface area contributed by atoms with Crippen molar-refractivity contribution in [3.8, 4) is 0 Å². The summed E-state index contributed by atoms with van der Waals surface area (Å²) in [6.07, 6.45) is 3.16. The maximum absolute atomic E-state index is 12.4. The summed E-state index contributed by atoms with van der Waals surface area (Å²) >= 11 is 1.39. The van der Waals surface area contributed by atoms with Crippen molar-refractivity contribution in [1.82, 2.24) is 15.3 Å². The SMILES string of the molecule is Cc1cccc2oc(SCc3nc(C(=O)NC(C)CCc4ccccc4)co3)nc12. The van der Waals surface area contributed by atoms with Crippen LogP contribution in [0.2, 0.25) is 0 Å². The van der Waals surface area contributed by atoms with Crippen LogP contribution in [0.4, 0.5) is 0 Å². The Bertz CT molecular complexity index is 1140. The molecule has 2 heterocycles. The van der Waals surface area contributed by atoms with Crippen molar-refractivity contribution in [2.75, 3.05) is 0 Å². The fraction of sp³-hybridized carbons (Fsp3) is 0.261. The smallest absolute Gasteiger partial charge is 0.273 e. The van der Waals surface area contributed by atoms with Gasteiger partial charge in [0, 0.05) is 6.04 Å². The number of nitrogens with one attached hydrogen (secondary N) is 1. The predicted octanol–water partition coefficient (Wildman–Crippen LogP) is 5.17. The fourth-order valence-corrected chi connectivity index (χ4v) is 3.81. The van der Waals surface area contributed by atoms with Crippen LogP contribution in [0, 0.1) is 6.92 Å². The standard InChI is InChI=1S/C23H23N3O3S/c1-15-7-6-10-19-21(15)26-23(29-19)30-14-20-25-18(13-28-20)22(27)24-16(2)11-12-17-8-4-3-5-9-17/h3-10,13,16H,11-12,14H2,1-2H3,(H,24,27). The van der Waals surface area contributed by atoms with E-state index in [1.54, 1.807) is 0 Å². The van der Waals surface area contributed by atoms with E-state index < -0.39 is 0 Å². The van der Waals surface area contributed by atoms with Gasteiger partial charge in [0.15, 0.2) is 11.3 Å². The summed E-state index contributed by atoms with van der Waals surface area (Å²) in [4.78, 5) is 21.2. The molecule has 1 unspecified atom stereocenters. The first-order chi connectivity index (χ1) is 14.6. The first-order valence-electron chi connectivity index (χ1n) is 9.86. The lowest BCUT2D eigenvalue weighted by Crippen LogP contribution is -2.33. The van der Waals surface area contributed by atoms with E-state index in [1.165, 1.54) is 23.6 Å².